The third-order valence-electron chi connectivity index (χ3n) is 4.38. The molecule has 31 heavy (non-hydrogen) atoms. The molecule has 0 fully saturated rings. The molecule has 2 aromatic rings. The SMILES string of the molecule is O=P(O)(O)CNS(=O)(=O)c1cc2cc(CS(=O)(=O)CCCN3C=[C+]C=CC3)ccc2s1. The number of nitrogens with zero attached hydrogens (tertiary/aromatic N) is 1. The Bertz CT molecular complexity index is 1260. The molecule has 0 atom stereocenters. The van der Waals surface area contributed by atoms with Crippen LogP contribution in [0, 0.1) is 6.08 Å². The van der Waals surface area contributed by atoms with Gasteiger partial charge in [0.2, 0.25) is 0 Å². The molecule has 0 unspecified atom stereocenters. The Balaban J connectivity index is 1.65. The van der Waals surface area contributed by atoms with Crippen molar-refractivity contribution in [3.8, 4) is 0 Å². The number of thiophene rings is 1. The van der Waals surface area contributed by atoms with Gasteiger partial charge < -0.3 is 14.7 Å². The van der Waals surface area contributed by atoms with E-state index in [-0.39, 0.29) is 15.7 Å². The minimum Gasteiger partial charge on any atom is -0.332 e. The van der Waals surface area contributed by atoms with E-state index in [1.165, 1.54) is 6.07 Å². The Labute approximate surface area is 185 Å². The lowest BCUT2D eigenvalue weighted by Gasteiger charge is -2.14. The molecule has 168 valence electrons. The molecular formula is C18H22N2O7PS3+. The number of hydrogen-bond acceptors (Lipinski definition) is 7. The van der Waals surface area contributed by atoms with E-state index in [4.69, 9.17) is 9.79 Å². The molecule has 1 aromatic carbocycles. The van der Waals surface area contributed by atoms with Crippen LogP contribution in [0.15, 0.2) is 46.8 Å². The Morgan fingerprint density at radius 2 is 1.97 bits per heavy atom. The predicted octanol–water partition coefficient (Wildman–Crippen LogP) is 1.81. The van der Waals surface area contributed by atoms with Crippen molar-refractivity contribution >= 4 is 48.9 Å². The zero-order chi connectivity index (χ0) is 22.7. The topological polar surface area (TPSA) is 141 Å². The number of fused-ring (bicyclic) bond motifs is 1. The van der Waals surface area contributed by atoms with E-state index in [1.54, 1.807) is 24.4 Å². The molecule has 0 saturated carbocycles. The summed E-state index contributed by atoms with van der Waals surface area (Å²) >= 11 is 0.938. The van der Waals surface area contributed by atoms with Crippen LogP contribution in [0.5, 0.6) is 0 Å². The van der Waals surface area contributed by atoms with Crippen molar-refractivity contribution in [2.75, 3.05) is 25.1 Å². The Morgan fingerprint density at radius 3 is 2.65 bits per heavy atom. The van der Waals surface area contributed by atoms with Crippen molar-refractivity contribution < 1.29 is 31.2 Å². The predicted molar refractivity (Wildman–Crippen MR) is 120 cm³/mol. The van der Waals surface area contributed by atoms with Gasteiger partial charge in [-0.3, -0.25) is 4.57 Å². The molecule has 0 spiro atoms. The van der Waals surface area contributed by atoms with Gasteiger partial charge in [-0.15, -0.1) is 11.3 Å². The Hall–Kier alpha value is -1.62. The zero-order valence-corrected chi connectivity index (χ0v) is 19.7. The molecular weight excluding hydrogens is 483 g/mol. The van der Waals surface area contributed by atoms with Crippen molar-refractivity contribution in [3.05, 3.63) is 54.3 Å². The minimum absolute atomic E-state index is 0.0364. The van der Waals surface area contributed by atoms with E-state index in [0.717, 1.165) is 17.9 Å². The molecule has 2 heterocycles. The highest BCUT2D eigenvalue weighted by atomic mass is 32.2. The van der Waals surface area contributed by atoms with Gasteiger partial charge in [-0.1, -0.05) is 6.07 Å². The summed E-state index contributed by atoms with van der Waals surface area (Å²) in [5.74, 6) is -0.117. The van der Waals surface area contributed by atoms with Crippen LogP contribution in [0.25, 0.3) is 10.1 Å². The highest BCUT2D eigenvalue weighted by molar-refractivity contribution is 7.92. The lowest BCUT2D eigenvalue weighted by atomic mass is 10.2. The fourth-order valence-corrected chi connectivity index (χ4v) is 7.79. The number of sulfonamides is 1. The van der Waals surface area contributed by atoms with Crippen LogP contribution in [-0.2, 0) is 30.2 Å². The van der Waals surface area contributed by atoms with Crippen molar-refractivity contribution in [1.29, 1.82) is 0 Å². The molecule has 0 saturated heterocycles. The summed E-state index contributed by atoms with van der Waals surface area (Å²) in [6, 6.07) is 6.28. The van der Waals surface area contributed by atoms with Crippen LogP contribution in [0.3, 0.4) is 0 Å². The Kier molecular flexibility index (Phi) is 7.35. The summed E-state index contributed by atoms with van der Waals surface area (Å²) < 4.78 is 62.8. The second kappa shape index (κ2) is 9.48. The molecule has 0 bridgehead atoms. The maximum absolute atomic E-state index is 12.5. The lowest BCUT2D eigenvalue weighted by Crippen LogP contribution is -2.23. The molecule has 1 aliphatic heterocycles. The van der Waals surface area contributed by atoms with Crippen LogP contribution >= 0.6 is 18.9 Å². The fraction of sp³-hybridized carbons (Fsp3) is 0.333. The van der Waals surface area contributed by atoms with E-state index in [0.29, 0.717) is 28.6 Å². The molecule has 0 aliphatic carbocycles. The highest BCUT2D eigenvalue weighted by Crippen LogP contribution is 2.34. The molecule has 13 heteroatoms. The summed E-state index contributed by atoms with van der Waals surface area (Å²) in [4.78, 5) is 19.7. The summed E-state index contributed by atoms with van der Waals surface area (Å²) in [6.07, 6.45) is 8.02. The number of sulfone groups is 1. The van der Waals surface area contributed by atoms with Gasteiger partial charge in [-0.2, -0.15) is 4.72 Å². The monoisotopic (exact) mass is 505 g/mol. The fourth-order valence-electron chi connectivity index (χ4n) is 2.96. The van der Waals surface area contributed by atoms with E-state index >= 15 is 0 Å². The molecule has 0 amide bonds. The van der Waals surface area contributed by atoms with E-state index in [9.17, 15) is 21.4 Å². The van der Waals surface area contributed by atoms with Crippen molar-refractivity contribution in [3.63, 3.8) is 0 Å². The highest BCUT2D eigenvalue weighted by Gasteiger charge is 2.23. The number of nitrogens with one attached hydrogen (secondary N) is 1. The quantitative estimate of drug-likeness (QED) is 0.328. The van der Waals surface area contributed by atoms with Crippen LogP contribution in [-0.4, -0.2) is 56.7 Å². The van der Waals surface area contributed by atoms with Crippen LogP contribution < -0.4 is 4.72 Å². The smallest absolute Gasteiger partial charge is 0.332 e. The summed E-state index contributed by atoms with van der Waals surface area (Å²) in [7, 11) is -12.0. The second-order valence-corrected chi connectivity index (χ2v) is 14.0. The standard InChI is InChI=1S/C18H21N2O7PS3/c21-28(22,23)14-19-31(26,27)18-12-16-11-15(5-6-17(16)29-18)13-30(24,25)10-4-9-20-7-2-1-3-8-20/h1-2,5-6,8,11-12,19H,4,7,9-10,13-14H2,(H-,21,22,23)/p+1. The van der Waals surface area contributed by atoms with Gasteiger partial charge in [0.1, 0.15) is 29.3 Å². The van der Waals surface area contributed by atoms with Crippen molar-refractivity contribution in [2.24, 2.45) is 0 Å². The normalized spacial score (nSPS) is 14.8. The number of rotatable bonds is 10. The average molecular weight is 506 g/mol. The van der Waals surface area contributed by atoms with Crippen LogP contribution in [0.2, 0.25) is 0 Å². The second-order valence-electron chi connectivity index (χ2n) is 7.05. The van der Waals surface area contributed by atoms with E-state index in [1.807, 2.05) is 21.8 Å². The van der Waals surface area contributed by atoms with Crippen molar-refractivity contribution in [2.45, 2.75) is 16.4 Å². The van der Waals surface area contributed by atoms with E-state index in [2.05, 4.69) is 6.08 Å². The molecule has 3 rings (SSSR count). The van der Waals surface area contributed by atoms with Gasteiger partial charge in [-0.25, -0.2) is 16.8 Å². The maximum atomic E-state index is 12.5. The first kappa shape index (κ1) is 24.0. The van der Waals surface area contributed by atoms with Gasteiger partial charge >= 0.3 is 7.60 Å². The first-order chi connectivity index (χ1) is 14.4. The summed E-state index contributed by atoms with van der Waals surface area (Å²) in [5.41, 5.74) is 0.548. The van der Waals surface area contributed by atoms with Gasteiger partial charge in [-0.05, 0) is 35.6 Å². The van der Waals surface area contributed by atoms with Gasteiger partial charge in [0.25, 0.3) is 10.0 Å². The molecule has 1 aliphatic rings. The van der Waals surface area contributed by atoms with Gasteiger partial charge in [0.05, 0.1) is 17.6 Å². The largest absolute Gasteiger partial charge is 0.340 e. The van der Waals surface area contributed by atoms with Crippen LogP contribution in [0.1, 0.15) is 12.0 Å². The third kappa shape index (κ3) is 7.20. The van der Waals surface area contributed by atoms with Gasteiger partial charge in [0, 0.05) is 11.2 Å². The molecule has 3 N–H and O–H groups in total. The number of hydrogen-bond donors (Lipinski definition) is 3. The number of allylic oxidation sites excluding steroid dienone is 2. The maximum Gasteiger partial charge on any atom is 0.340 e. The zero-order valence-electron chi connectivity index (χ0n) is 16.3. The lowest BCUT2D eigenvalue weighted by molar-refractivity contribution is 0.371. The summed E-state index contributed by atoms with van der Waals surface area (Å²) in [5, 5.41) is 0.551. The number of benzene rings is 1. The minimum atomic E-state index is -4.53. The van der Waals surface area contributed by atoms with Crippen LogP contribution in [0.4, 0.5) is 0 Å². The molecule has 0 radical (unpaired) electrons. The first-order valence-corrected chi connectivity index (χ1v) is 15.1. The third-order valence-corrected chi connectivity index (χ3v) is 9.84. The van der Waals surface area contributed by atoms with E-state index < -0.39 is 33.7 Å². The summed E-state index contributed by atoms with van der Waals surface area (Å²) in [6.45, 7) is 1.35. The van der Waals surface area contributed by atoms with Crippen molar-refractivity contribution in [1.82, 2.24) is 9.62 Å². The molecule has 9 nitrogen and oxygen atoms in total. The Morgan fingerprint density at radius 1 is 1.19 bits per heavy atom. The molecule has 1 aromatic heterocycles. The van der Waals surface area contributed by atoms with Gasteiger partial charge in [0.15, 0.2) is 15.9 Å². The average Bonchev–Trinajstić information content (AvgIpc) is 3.11. The first-order valence-electron chi connectivity index (χ1n) is 9.19.